The molecule has 1 heterocycles. The molecule has 3 nitrogen and oxygen atoms in total. The number of aliphatic hydroxyl groups is 1. The Morgan fingerprint density at radius 1 is 1.57 bits per heavy atom. The molecule has 0 spiro atoms. The van der Waals surface area contributed by atoms with Gasteiger partial charge in [0.2, 0.25) is 0 Å². The fraction of sp³-hybridized carbons (Fsp3) is 0.545. The minimum atomic E-state index is -0.424. The van der Waals surface area contributed by atoms with E-state index in [-0.39, 0.29) is 0 Å². The fourth-order valence-electron chi connectivity index (χ4n) is 1.35. The lowest BCUT2D eigenvalue weighted by molar-refractivity contribution is 0.199. The van der Waals surface area contributed by atoms with Crippen molar-refractivity contribution in [3.8, 4) is 0 Å². The summed E-state index contributed by atoms with van der Waals surface area (Å²) in [6, 6.07) is 3.77. The van der Waals surface area contributed by atoms with Gasteiger partial charge in [0.15, 0.2) is 0 Å². The maximum absolute atomic E-state index is 9.41. The smallest absolute Gasteiger partial charge is 0.128 e. The number of anilines is 1. The molecule has 1 atom stereocenters. The van der Waals surface area contributed by atoms with Gasteiger partial charge in [-0.15, -0.1) is 0 Å². The lowest BCUT2D eigenvalue weighted by Gasteiger charge is -2.18. The molecule has 0 aliphatic carbocycles. The zero-order valence-corrected chi connectivity index (χ0v) is 9.07. The van der Waals surface area contributed by atoms with Crippen LogP contribution in [0.2, 0.25) is 0 Å². The van der Waals surface area contributed by atoms with Crippen LogP contribution >= 0.6 is 0 Å². The van der Waals surface area contributed by atoms with Crippen molar-refractivity contribution in [1.82, 2.24) is 4.98 Å². The predicted octanol–water partition coefficient (Wildman–Crippen LogP) is 1.98. The molecule has 0 radical (unpaired) electrons. The highest BCUT2D eigenvalue weighted by molar-refractivity contribution is 5.40. The van der Waals surface area contributed by atoms with E-state index in [4.69, 9.17) is 0 Å². The second kappa shape index (κ2) is 4.96. The molecule has 0 bridgehead atoms. The van der Waals surface area contributed by atoms with E-state index in [2.05, 4.69) is 16.8 Å². The Bertz CT molecular complexity index is 286. The molecule has 0 aliphatic rings. The van der Waals surface area contributed by atoms with Crippen LogP contribution in [-0.4, -0.2) is 23.7 Å². The molecule has 1 rings (SSSR count). The van der Waals surface area contributed by atoms with Gasteiger partial charge in [0, 0.05) is 19.8 Å². The van der Waals surface area contributed by atoms with Gasteiger partial charge in [-0.05, 0) is 31.0 Å². The van der Waals surface area contributed by atoms with Gasteiger partial charge >= 0.3 is 0 Å². The maximum atomic E-state index is 9.41. The summed E-state index contributed by atoms with van der Waals surface area (Å²) in [4.78, 5) is 6.34. The van der Waals surface area contributed by atoms with Crippen LogP contribution in [0.3, 0.4) is 0 Å². The lowest BCUT2D eigenvalue weighted by atomic mass is 10.2. The monoisotopic (exact) mass is 194 g/mol. The Morgan fingerprint density at radius 2 is 2.29 bits per heavy atom. The third-order valence-corrected chi connectivity index (χ3v) is 2.20. The van der Waals surface area contributed by atoms with Crippen LogP contribution in [0.25, 0.3) is 0 Å². The van der Waals surface area contributed by atoms with Crippen molar-refractivity contribution in [3.63, 3.8) is 0 Å². The van der Waals surface area contributed by atoms with E-state index in [1.807, 2.05) is 19.2 Å². The van der Waals surface area contributed by atoms with Crippen LogP contribution in [0.15, 0.2) is 18.3 Å². The molecule has 0 fully saturated rings. The first-order chi connectivity index (χ1) is 6.65. The third kappa shape index (κ3) is 2.70. The Balaban J connectivity index is 2.82. The first-order valence-electron chi connectivity index (χ1n) is 5.00. The topological polar surface area (TPSA) is 36.4 Å². The summed E-state index contributed by atoms with van der Waals surface area (Å²) in [5.41, 5.74) is 0.915. The second-order valence-corrected chi connectivity index (χ2v) is 3.54. The first-order valence-corrected chi connectivity index (χ1v) is 5.00. The Kier molecular flexibility index (Phi) is 3.89. The van der Waals surface area contributed by atoms with Crippen LogP contribution in [-0.2, 0) is 0 Å². The van der Waals surface area contributed by atoms with Crippen molar-refractivity contribution in [2.75, 3.05) is 18.5 Å². The highest BCUT2D eigenvalue weighted by Crippen LogP contribution is 2.16. The van der Waals surface area contributed by atoms with Gasteiger partial charge in [-0.3, -0.25) is 0 Å². The summed E-state index contributed by atoms with van der Waals surface area (Å²) >= 11 is 0. The molecule has 0 aliphatic heterocycles. The average molecular weight is 194 g/mol. The molecular formula is C11H18N2O. The van der Waals surface area contributed by atoms with E-state index < -0.39 is 6.10 Å². The highest BCUT2D eigenvalue weighted by Gasteiger charge is 2.05. The molecule has 78 valence electrons. The first kappa shape index (κ1) is 11.0. The number of nitrogens with zero attached hydrogens (tertiary/aromatic N) is 2. The van der Waals surface area contributed by atoms with Crippen LogP contribution in [0.4, 0.5) is 5.82 Å². The summed E-state index contributed by atoms with van der Waals surface area (Å²) in [5, 5.41) is 9.41. The molecule has 0 saturated heterocycles. The number of rotatable bonds is 4. The standard InChI is InChI=1S/C11H18N2O/c1-4-7-13(3)11-8-10(9(2)14)5-6-12-11/h5-6,8-9,14H,4,7H2,1-3H3. The molecule has 14 heavy (non-hydrogen) atoms. The van der Waals surface area contributed by atoms with Gasteiger partial charge < -0.3 is 10.0 Å². The lowest BCUT2D eigenvalue weighted by Crippen LogP contribution is -2.19. The molecule has 0 saturated carbocycles. The van der Waals surface area contributed by atoms with Crippen molar-refractivity contribution >= 4 is 5.82 Å². The molecule has 0 aromatic carbocycles. The van der Waals surface area contributed by atoms with Crippen LogP contribution in [0.1, 0.15) is 31.9 Å². The molecular weight excluding hydrogens is 176 g/mol. The molecule has 0 amide bonds. The molecule has 1 aromatic rings. The Morgan fingerprint density at radius 3 is 2.86 bits per heavy atom. The van der Waals surface area contributed by atoms with Crippen molar-refractivity contribution in [3.05, 3.63) is 23.9 Å². The Labute approximate surface area is 85.4 Å². The summed E-state index contributed by atoms with van der Waals surface area (Å²) in [7, 11) is 2.01. The zero-order chi connectivity index (χ0) is 10.6. The van der Waals surface area contributed by atoms with Crippen molar-refractivity contribution in [1.29, 1.82) is 0 Å². The van der Waals surface area contributed by atoms with Crippen LogP contribution in [0, 0.1) is 0 Å². The Hall–Kier alpha value is -1.09. The quantitative estimate of drug-likeness (QED) is 0.796. The van der Waals surface area contributed by atoms with E-state index in [0.717, 1.165) is 24.3 Å². The van der Waals surface area contributed by atoms with Crippen molar-refractivity contribution in [2.45, 2.75) is 26.4 Å². The van der Waals surface area contributed by atoms with Gasteiger partial charge in [-0.2, -0.15) is 0 Å². The minimum Gasteiger partial charge on any atom is -0.389 e. The van der Waals surface area contributed by atoms with E-state index >= 15 is 0 Å². The SMILES string of the molecule is CCCN(C)c1cc(C(C)O)ccn1. The van der Waals surface area contributed by atoms with Gasteiger partial charge in [0.05, 0.1) is 6.10 Å². The van der Waals surface area contributed by atoms with E-state index in [0.29, 0.717) is 0 Å². The minimum absolute atomic E-state index is 0.424. The molecule has 3 heteroatoms. The van der Waals surface area contributed by atoms with Crippen LogP contribution < -0.4 is 4.90 Å². The number of hydrogen-bond donors (Lipinski definition) is 1. The number of hydrogen-bond acceptors (Lipinski definition) is 3. The van der Waals surface area contributed by atoms with Gasteiger partial charge in [0.1, 0.15) is 5.82 Å². The number of pyridine rings is 1. The van der Waals surface area contributed by atoms with Gasteiger partial charge in [-0.25, -0.2) is 4.98 Å². The summed E-state index contributed by atoms with van der Waals surface area (Å²) in [6.45, 7) is 4.88. The average Bonchev–Trinajstić information content (AvgIpc) is 2.18. The van der Waals surface area contributed by atoms with Gasteiger partial charge in [-0.1, -0.05) is 6.92 Å². The summed E-state index contributed by atoms with van der Waals surface area (Å²) < 4.78 is 0. The number of aromatic nitrogens is 1. The largest absolute Gasteiger partial charge is 0.389 e. The van der Waals surface area contributed by atoms with Crippen molar-refractivity contribution in [2.24, 2.45) is 0 Å². The van der Waals surface area contributed by atoms with E-state index in [9.17, 15) is 5.11 Å². The molecule has 1 unspecified atom stereocenters. The predicted molar refractivity (Wildman–Crippen MR) is 58.4 cm³/mol. The fourth-order valence-corrected chi connectivity index (χ4v) is 1.35. The third-order valence-electron chi connectivity index (χ3n) is 2.20. The molecule has 1 aromatic heterocycles. The van der Waals surface area contributed by atoms with Crippen LogP contribution in [0.5, 0.6) is 0 Å². The maximum Gasteiger partial charge on any atom is 0.128 e. The second-order valence-electron chi connectivity index (χ2n) is 3.54. The molecule has 1 N–H and O–H groups in total. The zero-order valence-electron chi connectivity index (χ0n) is 9.07. The van der Waals surface area contributed by atoms with E-state index in [1.165, 1.54) is 0 Å². The van der Waals surface area contributed by atoms with E-state index in [1.54, 1.807) is 13.1 Å². The highest BCUT2D eigenvalue weighted by atomic mass is 16.3. The number of aliphatic hydroxyl groups excluding tert-OH is 1. The summed E-state index contributed by atoms with van der Waals surface area (Å²) in [6.07, 6.45) is 2.41. The summed E-state index contributed by atoms with van der Waals surface area (Å²) in [5.74, 6) is 0.922. The van der Waals surface area contributed by atoms with Gasteiger partial charge in [0.25, 0.3) is 0 Å². The van der Waals surface area contributed by atoms with Crippen molar-refractivity contribution < 1.29 is 5.11 Å². The normalized spacial score (nSPS) is 12.6.